The van der Waals surface area contributed by atoms with Gasteiger partial charge >= 0.3 is 0 Å². The van der Waals surface area contributed by atoms with Gasteiger partial charge in [0, 0.05) is 12.0 Å². The molecule has 3 nitrogen and oxygen atoms in total. The van der Waals surface area contributed by atoms with E-state index in [0.717, 1.165) is 17.7 Å². The fourth-order valence-electron chi connectivity index (χ4n) is 1.27. The van der Waals surface area contributed by atoms with E-state index in [1.807, 2.05) is 0 Å². The molecule has 0 saturated heterocycles. The van der Waals surface area contributed by atoms with Crippen LogP contribution in [0, 0.1) is 0 Å². The molecule has 1 aromatic heterocycles. The van der Waals surface area contributed by atoms with Crippen LogP contribution in [-0.2, 0) is 17.8 Å². The molecule has 3 heteroatoms. The summed E-state index contributed by atoms with van der Waals surface area (Å²) in [7, 11) is 0. The highest BCUT2D eigenvalue weighted by molar-refractivity contribution is 5.17. The molecule has 0 saturated carbocycles. The summed E-state index contributed by atoms with van der Waals surface area (Å²) in [4.78, 5) is 0. The molecule has 1 aliphatic heterocycles. The third-order valence-corrected chi connectivity index (χ3v) is 1.94. The lowest BCUT2D eigenvalue weighted by atomic mass is 9.98. The van der Waals surface area contributed by atoms with Gasteiger partial charge in [0.1, 0.15) is 6.26 Å². The van der Waals surface area contributed by atoms with Gasteiger partial charge in [0.2, 0.25) is 0 Å². The fourth-order valence-corrected chi connectivity index (χ4v) is 1.27. The summed E-state index contributed by atoms with van der Waals surface area (Å²) in [6, 6.07) is 0. The summed E-state index contributed by atoms with van der Waals surface area (Å²) in [5.74, 6) is 0. The molecule has 2 rings (SSSR count). The van der Waals surface area contributed by atoms with Gasteiger partial charge in [-0.2, -0.15) is 0 Å². The van der Waals surface area contributed by atoms with Crippen LogP contribution in [0.15, 0.2) is 10.8 Å². The number of aromatic nitrogens is 1. The average Bonchev–Trinajstić information content (AvgIpc) is 2.31. The van der Waals surface area contributed by atoms with E-state index in [9.17, 15) is 0 Å². The second-order valence-electron chi connectivity index (χ2n) is 3.51. The van der Waals surface area contributed by atoms with Gasteiger partial charge in [0.05, 0.1) is 17.9 Å². The zero-order valence-electron chi connectivity index (χ0n) is 6.76. The van der Waals surface area contributed by atoms with Crippen molar-refractivity contribution in [3.05, 3.63) is 17.5 Å². The zero-order chi connectivity index (χ0) is 7.90. The Kier molecular flexibility index (Phi) is 1.29. The third-order valence-electron chi connectivity index (χ3n) is 1.94. The molecule has 11 heavy (non-hydrogen) atoms. The molecule has 0 bridgehead atoms. The van der Waals surface area contributed by atoms with Gasteiger partial charge in [-0.1, -0.05) is 5.16 Å². The Labute approximate surface area is 65.3 Å². The van der Waals surface area contributed by atoms with E-state index in [1.54, 1.807) is 6.26 Å². The van der Waals surface area contributed by atoms with E-state index in [0.29, 0.717) is 6.61 Å². The van der Waals surface area contributed by atoms with Crippen molar-refractivity contribution in [2.45, 2.75) is 32.5 Å². The molecule has 0 radical (unpaired) electrons. The van der Waals surface area contributed by atoms with Crippen LogP contribution in [0.25, 0.3) is 0 Å². The minimum Gasteiger partial charge on any atom is -0.370 e. The number of hydrogen-bond donors (Lipinski definition) is 0. The van der Waals surface area contributed by atoms with Crippen molar-refractivity contribution in [2.75, 3.05) is 0 Å². The third kappa shape index (κ3) is 1.16. The van der Waals surface area contributed by atoms with E-state index < -0.39 is 0 Å². The van der Waals surface area contributed by atoms with E-state index in [-0.39, 0.29) is 5.60 Å². The molecule has 2 heterocycles. The summed E-state index contributed by atoms with van der Waals surface area (Å²) in [6.45, 7) is 4.75. The number of hydrogen-bond acceptors (Lipinski definition) is 3. The van der Waals surface area contributed by atoms with Crippen LogP contribution in [-0.4, -0.2) is 10.8 Å². The lowest BCUT2D eigenvalue weighted by molar-refractivity contribution is -0.0407. The first-order valence-electron chi connectivity index (χ1n) is 3.73. The smallest absolute Gasteiger partial charge is 0.129 e. The summed E-state index contributed by atoms with van der Waals surface area (Å²) in [6.07, 6.45) is 2.50. The van der Waals surface area contributed by atoms with Gasteiger partial charge in [-0.15, -0.1) is 0 Å². The van der Waals surface area contributed by atoms with Crippen molar-refractivity contribution < 1.29 is 9.26 Å². The first-order chi connectivity index (χ1) is 5.17. The van der Waals surface area contributed by atoms with Crippen molar-refractivity contribution in [3.63, 3.8) is 0 Å². The van der Waals surface area contributed by atoms with Gasteiger partial charge < -0.3 is 9.26 Å². The first-order valence-corrected chi connectivity index (χ1v) is 3.73. The Hall–Kier alpha value is -0.830. The van der Waals surface area contributed by atoms with Crippen LogP contribution in [0.4, 0.5) is 0 Å². The van der Waals surface area contributed by atoms with Crippen molar-refractivity contribution in [1.82, 2.24) is 5.16 Å². The molecular weight excluding hydrogens is 142 g/mol. The number of fused-ring (bicyclic) bond motifs is 1. The van der Waals surface area contributed by atoms with Crippen molar-refractivity contribution in [3.8, 4) is 0 Å². The summed E-state index contributed by atoms with van der Waals surface area (Å²) in [5, 5.41) is 3.90. The Morgan fingerprint density at radius 1 is 1.55 bits per heavy atom. The topological polar surface area (TPSA) is 35.3 Å². The van der Waals surface area contributed by atoms with E-state index in [2.05, 4.69) is 19.0 Å². The quantitative estimate of drug-likeness (QED) is 0.567. The minimum atomic E-state index is -0.0795. The van der Waals surface area contributed by atoms with Crippen molar-refractivity contribution >= 4 is 0 Å². The lowest BCUT2D eigenvalue weighted by Gasteiger charge is -2.28. The molecular formula is C8H11NO2. The maximum atomic E-state index is 5.55. The van der Waals surface area contributed by atoms with E-state index in [1.165, 1.54) is 0 Å². The lowest BCUT2D eigenvalue weighted by Crippen LogP contribution is -2.31. The fraction of sp³-hybridized carbons (Fsp3) is 0.625. The van der Waals surface area contributed by atoms with Crippen LogP contribution in [0.2, 0.25) is 0 Å². The highest BCUT2D eigenvalue weighted by Crippen LogP contribution is 2.26. The van der Waals surface area contributed by atoms with Gasteiger partial charge in [-0.05, 0) is 13.8 Å². The first kappa shape index (κ1) is 6.85. The zero-order valence-corrected chi connectivity index (χ0v) is 6.76. The Balaban J connectivity index is 2.32. The minimum absolute atomic E-state index is 0.0795. The second kappa shape index (κ2) is 2.08. The molecule has 0 amide bonds. The molecule has 1 aliphatic rings. The molecule has 1 aromatic rings. The van der Waals surface area contributed by atoms with Crippen molar-refractivity contribution in [2.24, 2.45) is 0 Å². The van der Waals surface area contributed by atoms with Gasteiger partial charge in [-0.3, -0.25) is 0 Å². The Bertz CT molecular complexity index is 265. The number of ether oxygens (including phenoxy) is 1. The van der Waals surface area contributed by atoms with E-state index >= 15 is 0 Å². The monoisotopic (exact) mass is 153 g/mol. The molecule has 0 aliphatic carbocycles. The van der Waals surface area contributed by atoms with Crippen LogP contribution in [0.3, 0.4) is 0 Å². The molecule has 0 spiro atoms. The maximum absolute atomic E-state index is 5.55. The number of rotatable bonds is 0. The predicted molar refractivity (Wildman–Crippen MR) is 39.1 cm³/mol. The van der Waals surface area contributed by atoms with Crippen LogP contribution >= 0.6 is 0 Å². The van der Waals surface area contributed by atoms with Gasteiger partial charge in [0.15, 0.2) is 0 Å². The summed E-state index contributed by atoms with van der Waals surface area (Å²) < 4.78 is 10.4. The van der Waals surface area contributed by atoms with Crippen LogP contribution in [0.5, 0.6) is 0 Å². The predicted octanol–water partition coefficient (Wildman–Crippen LogP) is 1.53. The Morgan fingerprint density at radius 3 is 3.18 bits per heavy atom. The average molecular weight is 153 g/mol. The standard InChI is InChI=1S/C8H11NO2/c1-8(2)3-7-6(4-10-8)5-11-9-7/h5H,3-4H2,1-2H3. The molecule has 0 unspecified atom stereocenters. The number of nitrogens with zero attached hydrogens (tertiary/aromatic N) is 1. The summed E-state index contributed by atoms with van der Waals surface area (Å²) in [5.41, 5.74) is 2.05. The Morgan fingerprint density at radius 2 is 2.36 bits per heavy atom. The molecule has 0 aromatic carbocycles. The van der Waals surface area contributed by atoms with Crippen molar-refractivity contribution in [1.29, 1.82) is 0 Å². The van der Waals surface area contributed by atoms with Gasteiger partial charge in [0.25, 0.3) is 0 Å². The summed E-state index contributed by atoms with van der Waals surface area (Å²) >= 11 is 0. The van der Waals surface area contributed by atoms with Gasteiger partial charge in [-0.25, -0.2) is 0 Å². The molecule has 0 fully saturated rings. The largest absolute Gasteiger partial charge is 0.370 e. The van der Waals surface area contributed by atoms with Crippen LogP contribution < -0.4 is 0 Å². The molecule has 0 atom stereocenters. The van der Waals surface area contributed by atoms with E-state index in [4.69, 9.17) is 9.26 Å². The molecule has 60 valence electrons. The highest BCUT2D eigenvalue weighted by Gasteiger charge is 2.28. The highest BCUT2D eigenvalue weighted by atomic mass is 16.5. The SMILES string of the molecule is CC1(C)Cc2nocc2CO1. The normalized spacial score (nSPS) is 21.3. The molecule has 0 N–H and O–H groups in total. The van der Waals surface area contributed by atoms with Crippen LogP contribution in [0.1, 0.15) is 25.1 Å². The maximum Gasteiger partial charge on any atom is 0.129 e. The second-order valence-corrected chi connectivity index (χ2v) is 3.51.